The molecule has 2 rings (SSSR count). The van der Waals surface area contributed by atoms with E-state index >= 15 is 0 Å². The molecule has 2 N–H and O–H groups in total. The third-order valence-electron chi connectivity index (χ3n) is 5.14. The minimum atomic E-state index is -3.56. The lowest BCUT2D eigenvalue weighted by molar-refractivity contribution is 0.0953. The van der Waals surface area contributed by atoms with Crippen molar-refractivity contribution in [2.75, 3.05) is 26.2 Å². The molecule has 1 aliphatic rings. The first kappa shape index (κ1) is 24.9. The Kier molecular flexibility index (Phi) is 11.0. The minimum absolute atomic E-state index is 0. The number of hydrogen-bond acceptors (Lipinski definition) is 4. The zero-order chi connectivity index (χ0) is 19.7. The molecular formula is C20H34ClN3O3S. The Morgan fingerprint density at radius 3 is 2.32 bits per heavy atom. The van der Waals surface area contributed by atoms with Crippen molar-refractivity contribution in [3.63, 3.8) is 0 Å². The first-order chi connectivity index (χ1) is 13.0. The van der Waals surface area contributed by atoms with Crippen LogP contribution in [-0.2, 0) is 10.0 Å². The largest absolute Gasteiger partial charge is 0.351 e. The standard InChI is InChI=1S/C20H33N3O3S.ClH/c1-3-23(4-2)27(25,26)19-13-9-10-17(16-19)20(24)22-15-14-21-18-11-7-5-6-8-12-18;/h9-10,13,16,18,21H,3-8,11-12,14-15H2,1-2H3,(H,22,24);1H. The average molecular weight is 432 g/mol. The zero-order valence-corrected chi connectivity index (χ0v) is 18.6. The number of nitrogens with zero attached hydrogens (tertiary/aromatic N) is 1. The molecule has 28 heavy (non-hydrogen) atoms. The van der Waals surface area contributed by atoms with Gasteiger partial charge in [-0.3, -0.25) is 4.79 Å². The van der Waals surface area contributed by atoms with Crippen LogP contribution >= 0.6 is 12.4 Å². The fourth-order valence-corrected chi connectivity index (χ4v) is 5.05. The number of amides is 1. The molecule has 6 nitrogen and oxygen atoms in total. The fourth-order valence-electron chi connectivity index (χ4n) is 3.55. The first-order valence-electron chi connectivity index (χ1n) is 10.1. The van der Waals surface area contributed by atoms with E-state index in [1.807, 2.05) is 0 Å². The van der Waals surface area contributed by atoms with Crippen molar-refractivity contribution in [1.29, 1.82) is 0 Å². The predicted molar refractivity (Wildman–Crippen MR) is 116 cm³/mol. The molecule has 1 aliphatic carbocycles. The Bertz CT molecular complexity index is 700. The Balaban J connectivity index is 0.00000392. The lowest BCUT2D eigenvalue weighted by Gasteiger charge is -2.19. The summed E-state index contributed by atoms with van der Waals surface area (Å²) in [7, 11) is -3.56. The summed E-state index contributed by atoms with van der Waals surface area (Å²) in [6, 6.07) is 6.82. The third-order valence-corrected chi connectivity index (χ3v) is 7.18. The van der Waals surface area contributed by atoms with Crippen molar-refractivity contribution in [2.45, 2.75) is 63.3 Å². The van der Waals surface area contributed by atoms with Crippen LogP contribution < -0.4 is 10.6 Å². The van der Waals surface area contributed by atoms with Crippen LogP contribution in [-0.4, -0.2) is 50.9 Å². The molecule has 160 valence electrons. The number of hydrogen-bond donors (Lipinski definition) is 2. The van der Waals surface area contributed by atoms with Crippen molar-refractivity contribution in [2.24, 2.45) is 0 Å². The van der Waals surface area contributed by atoms with Crippen LogP contribution in [0.15, 0.2) is 29.2 Å². The molecule has 0 spiro atoms. The summed E-state index contributed by atoms with van der Waals surface area (Å²) in [5.74, 6) is -0.241. The van der Waals surface area contributed by atoms with E-state index in [9.17, 15) is 13.2 Å². The van der Waals surface area contributed by atoms with E-state index in [0.29, 0.717) is 31.2 Å². The van der Waals surface area contributed by atoms with Gasteiger partial charge >= 0.3 is 0 Å². The van der Waals surface area contributed by atoms with Gasteiger partial charge in [-0.15, -0.1) is 12.4 Å². The van der Waals surface area contributed by atoms with Crippen molar-refractivity contribution < 1.29 is 13.2 Å². The van der Waals surface area contributed by atoms with Gasteiger partial charge in [0, 0.05) is 37.8 Å². The quantitative estimate of drug-likeness (QED) is 0.465. The highest BCUT2D eigenvalue weighted by molar-refractivity contribution is 7.89. The van der Waals surface area contributed by atoms with Gasteiger partial charge in [0.05, 0.1) is 4.90 Å². The van der Waals surface area contributed by atoms with Crippen LogP contribution in [0.5, 0.6) is 0 Å². The van der Waals surface area contributed by atoms with Crippen molar-refractivity contribution in [3.05, 3.63) is 29.8 Å². The molecule has 1 amide bonds. The van der Waals surface area contributed by atoms with Crippen LogP contribution in [0.4, 0.5) is 0 Å². The van der Waals surface area contributed by atoms with Gasteiger partial charge in [-0.1, -0.05) is 45.6 Å². The van der Waals surface area contributed by atoms with E-state index in [4.69, 9.17) is 0 Å². The van der Waals surface area contributed by atoms with Crippen molar-refractivity contribution in [3.8, 4) is 0 Å². The number of nitrogens with one attached hydrogen (secondary N) is 2. The number of halogens is 1. The molecule has 1 fully saturated rings. The summed E-state index contributed by atoms with van der Waals surface area (Å²) in [5, 5.41) is 6.40. The second kappa shape index (κ2) is 12.4. The smallest absolute Gasteiger partial charge is 0.251 e. The summed E-state index contributed by atoms with van der Waals surface area (Å²) >= 11 is 0. The highest BCUT2D eigenvalue weighted by Gasteiger charge is 2.22. The van der Waals surface area contributed by atoms with Gasteiger partial charge in [0.2, 0.25) is 10.0 Å². The zero-order valence-electron chi connectivity index (χ0n) is 16.9. The number of sulfonamides is 1. The maximum Gasteiger partial charge on any atom is 0.251 e. The number of carbonyl (C=O) groups is 1. The van der Waals surface area contributed by atoms with Crippen LogP contribution in [0.2, 0.25) is 0 Å². The maximum absolute atomic E-state index is 12.6. The van der Waals surface area contributed by atoms with Crippen LogP contribution in [0.25, 0.3) is 0 Å². The highest BCUT2D eigenvalue weighted by atomic mass is 35.5. The van der Waals surface area contributed by atoms with Crippen molar-refractivity contribution in [1.82, 2.24) is 14.9 Å². The summed E-state index contributed by atoms with van der Waals surface area (Å²) in [6.45, 7) is 5.68. The molecule has 0 unspecified atom stereocenters. The SMILES string of the molecule is CCN(CC)S(=O)(=O)c1cccc(C(=O)NCCNC2CCCCCC2)c1.Cl. The molecule has 0 saturated heterocycles. The lowest BCUT2D eigenvalue weighted by Crippen LogP contribution is -2.37. The number of carbonyl (C=O) groups excluding carboxylic acids is 1. The highest BCUT2D eigenvalue weighted by Crippen LogP contribution is 2.18. The Morgan fingerprint density at radius 2 is 1.71 bits per heavy atom. The summed E-state index contributed by atoms with van der Waals surface area (Å²) in [5.41, 5.74) is 0.373. The molecule has 0 aliphatic heterocycles. The normalized spacial score (nSPS) is 15.7. The van der Waals surface area contributed by atoms with Crippen LogP contribution in [0, 0.1) is 0 Å². The molecule has 0 radical (unpaired) electrons. The Labute approximate surface area is 175 Å². The molecule has 8 heteroatoms. The summed E-state index contributed by atoms with van der Waals surface area (Å²) in [6.07, 6.45) is 7.61. The molecule has 1 aromatic carbocycles. The van der Waals surface area contributed by atoms with E-state index in [1.165, 1.54) is 55.0 Å². The van der Waals surface area contributed by atoms with E-state index < -0.39 is 10.0 Å². The summed E-state index contributed by atoms with van der Waals surface area (Å²) in [4.78, 5) is 12.6. The van der Waals surface area contributed by atoms with Gasteiger partial charge in [-0.2, -0.15) is 4.31 Å². The topological polar surface area (TPSA) is 78.5 Å². The molecule has 0 aromatic heterocycles. The first-order valence-corrected chi connectivity index (χ1v) is 11.5. The van der Waals surface area contributed by atoms with Gasteiger partial charge in [0.25, 0.3) is 5.91 Å². The van der Waals surface area contributed by atoms with Gasteiger partial charge in [-0.25, -0.2) is 8.42 Å². The molecule has 0 heterocycles. The van der Waals surface area contributed by atoms with E-state index in [2.05, 4.69) is 10.6 Å². The maximum atomic E-state index is 12.6. The van der Waals surface area contributed by atoms with Gasteiger partial charge in [0.15, 0.2) is 0 Å². The van der Waals surface area contributed by atoms with E-state index in [1.54, 1.807) is 26.0 Å². The summed E-state index contributed by atoms with van der Waals surface area (Å²) < 4.78 is 26.6. The molecule has 1 saturated carbocycles. The predicted octanol–water partition coefficient (Wildman–Crippen LogP) is 3.18. The van der Waals surface area contributed by atoms with Gasteiger partial charge < -0.3 is 10.6 Å². The monoisotopic (exact) mass is 431 g/mol. The second-order valence-corrected chi connectivity index (χ2v) is 8.95. The Hall–Kier alpha value is -1.15. The van der Waals surface area contributed by atoms with Gasteiger partial charge in [-0.05, 0) is 31.0 Å². The average Bonchev–Trinajstić information content (AvgIpc) is 2.95. The molecule has 0 atom stereocenters. The van der Waals surface area contributed by atoms with E-state index in [0.717, 1.165) is 6.54 Å². The van der Waals surface area contributed by atoms with E-state index in [-0.39, 0.29) is 23.2 Å². The molecule has 1 aromatic rings. The lowest BCUT2D eigenvalue weighted by atomic mass is 10.1. The third kappa shape index (κ3) is 7.03. The Morgan fingerprint density at radius 1 is 1.07 bits per heavy atom. The van der Waals surface area contributed by atoms with Gasteiger partial charge in [0.1, 0.15) is 0 Å². The van der Waals surface area contributed by atoms with Crippen molar-refractivity contribution >= 4 is 28.3 Å². The van der Waals surface area contributed by atoms with Crippen LogP contribution in [0.1, 0.15) is 62.7 Å². The fraction of sp³-hybridized carbons (Fsp3) is 0.650. The molecular weight excluding hydrogens is 398 g/mol. The second-order valence-electron chi connectivity index (χ2n) is 7.02. The number of benzene rings is 1. The van der Waals surface area contributed by atoms with Crippen LogP contribution in [0.3, 0.4) is 0 Å². The minimum Gasteiger partial charge on any atom is -0.351 e. The number of rotatable bonds is 9. The molecule has 0 bridgehead atoms.